The molecule has 0 aromatic carbocycles. The van der Waals surface area contributed by atoms with Gasteiger partial charge in [-0.15, -0.1) is 11.6 Å². The number of halogens is 1. The first-order valence-corrected chi connectivity index (χ1v) is 8.16. The minimum Gasteiger partial charge on any atom is -0.336 e. The van der Waals surface area contributed by atoms with Crippen LogP contribution in [0.5, 0.6) is 0 Å². The Bertz CT molecular complexity index is 153. The van der Waals surface area contributed by atoms with Gasteiger partial charge in [-0.05, 0) is 24.9 Å². The molecule has 0 rings (SSSR count). The predicted molar refractivity (Wildman–Crippen MR) is 64.9 cm³/mol. The highest BCUT2D eigenvalue weighted by atomic mass is 35.5. The van der Waals surface area contributed by atoms with Crippen LogP contribution in [0, 0.1) is 0 Å². The molecule has 1 nitrogen and oxygen atoms in total. The van der Waals surface area contributed by atoms with Crippen molar-refractivity contribution >= 4 is 19.8 Å². The van der Waals surface area contributed by atoms with Crippen LogP contribution in [0.2, 0.25) is 11.6 Å². The number of rotatable bonds is 4. The van der Waals surface area contributed by atoms with Crippen LogP contribution in [0.3, 0.4) is 0 Å². The van der Waals surface area contributed by atoms with Crippen LogP contribution < -0.4 is 4.98 Å². The van der Waals surface area contributed by atoms with E-state index in [1.807, 2.05) is 0 Å². The second-order valence-electron chi connectivity index (χ2n) is 5.00. The molecule has 2 atom stereocenters. The molecule has 0 bridgehead atoms. The van der Waals surface area contributed by atoms with Crippen LogP contribution in [0.15, 0.2) is 0 Å². The van der Waals surface area contributed by atoms with Gasteiger partial charge in [-0.2, -0.15) is 0 Å². The first-order chi connectivity index (χ1) is 5.75. The Morgan fingerprint density at radius 1 is 1.38 bits per heavy atom. The molecular weight excluding hydrogens is 198 g/mol. The van der Waals surface area contributed by atoms with Crippen molar-refractivity contribution < 1.29 is 0 Å². The molecule has 0 heterocycles. The highest BCUT2D eigenvalue weighted by Gasteiger charge is 2.43. The fourth-order valence-electron chi connectivity index (χ4n) is 1.39. The van der Waals surface area contributed by atoms with E-state index in [-0.39, 0.29) is 5.00 Å². The summed E-state index contributed by atoms with van der Waals surface area (Å²) in [5.41, 5.74) is 0. The van der Waals surface area contributed by atoms with Gasteiger partial charge in [0.2, 0.25) is 0 Å². The zero-order valence-electron chi connectivity index (χ0n) is 9.87. The largest absolute Gasteiger partial charge is 0.336 e. The Hall–Kier alpha value is 0.467. The summed E-state index contributed by atoms with van der Waals surface area (Å²) in [6, 6.07) is 0. The quantitative estimate of drug-likeness (QED) is 0.566. The summed E-state index contributed by atoms with van der Waals surface area (Å²) in [6.07, 6.45) is 1.18. The third kappa shape index (κ3) is 3.26. The Labute approximate surface area is 89.3 Å². The maximum Gasteiger partial charge on any atom is 0.145 e. The van der Waals surface area contributed by atoms with Gasteiger partial charge in [0.15, 0.2) is 0 Å². The van der Waals surface area contributed by atoms with Crippen molar-refractivity contribution in [3.8, 4) is 0 Å². The maximum atomic E-state index is 6.30. The molecule has 0 aliphatic rings. The summed E-state index contributed by atoms with van der Waals surface area (Å²) in [7, 11) is -1.53. The molecule has 0 fully saturated rings. The lowest BCUT2D eigenvalue weighted by atomic mass is 10.2. The van der Waals surface area contributed by atoms with E-state index in [1.54, 1.807) is 0 Å². The molecular formula is C10H24ClNSi. The monoisotopic (exact) mass is 221 g/mol. The van der Waals surface area contributed by atoms with Gasteiger partial charge in [-0.25, -0.2) is 0 Å². The lowest BCUT2D eigenvalue weighted by Crippen LogP contribution is -2.61. The van der Waals surface area contributed by atoms with Crippen LogP contribution in [0.4, 0.5) is 0 Å². The van der Waals surface area contributed by atoms with E-state index < -0.39 is 8.24 Å². The second-order valence-corrected chi connectivity index (χ2v) is 11.1. The van der Waals surface area contributed by atoms with E-state index >= 15 is 0 Å². The molecule has 1 N–H and O–H groups in total. The lowest BCUT2D eigenvalue weighted by Gasteiger charge is -2.42. The molecule has 13 heavy (non-hydrogen) atoms. The molecule has 0 spiro atoms. The first-order valence-electron chi connectivity index (χ1n) is 5.14. The number of nitrogens with one attached hydrogen (secondary N) is 1. The van der Waals surface area contributed by atoms with E-state index in [0.29, 0.717) is 5.04 Å². The Morgan fingerprint density at radius 3 is 2.08 bits per heavy atom. The zero-order valence-corrected chi connectivity index (χ0v) is 11.6. The minimum atomic E-state index is -1.53. The smallest absolute Gasteiger partial charge is 0.145 e. The lowest BCUT2D eigenvalue weighted by molar-refractivity contribution is 0.665. The Kier molecular flexibility index (Phi) is 4.98. The molecule has 80 valence electrons. The second kappa shape index (κ2) is 4.81. The van der Waals surface area contributed by atoms with Crippen molar-refractivity contribution in [1.82, 2.24) is 4.98 Å². The van der Waals surface area contributed by atoms with Crippen molar-refractivity contribution in [2.24, 2.45) is 0 Å². The van der Waals surface area contributed by atoms with E-state index in [4.69, 9.17) is 11.6 Å². The maximum absolute atomic E-state index is 6.30. The van der Waals surface area contributed by atoms with Gasteiger partial charge in [-0.3, -0.25) is 0 Å². The Balaban J connectivity index is 4.54. The van der Waals surface area contributed by atoms with Gasteiger partial charge >= 0.3 is 0 Å². The van der Waals surface area contributed by atoms with E-state index in [9.17, 15) is 0 Å². The summed E-state index contributed by atoms with van der Waals surface area (Å²) < 4.78 is 0. The molecule has 2 unspecified atom stereocenters. The molecule has 0 aromatic rings. The van der Waals surface area contributed by atoms with Gasteiger partial charge in [0, 0.05) is 5.00 Å². The van der Waals surface area contributed by atoms with Gasteiger partial charge in [-0.1, -0.05) is 34.2 Å². The number of hydrogen-bond acceptors (Lipinski definition) is 1. The fourth-order valence-corrected chi connectivity index (χ4v) is 5.37. The van der Waals surface area contributed by atoms with Crippen molar-refractivity contribution in [1.29, 1.82) is 0 Å². The van der Waals surface area contributed by atoms with Crippen molar-refractivity contribution in [3.05, 3.63) is 0 Å². The van der Waals surface area contributed by atoms with Crippen molar-refractivity contribution in [2.45, 2.75) is 57.6 Å². The van der Waals surface area contributed by atoms with Gasteiger partial charge in [0.05, 0.1) is 0 Å². The Morgan fingerprint density at radius 2 is 1.85 bits per heavy atom. The van der Waals surface area contributed by atoms with Crippen LogP contribution in [0.25, 0.3) is 0 Å². The number of hydrogen-bond donors (Lipinski definition) is 1. The van der Waals surface area contributed by atoms with E-state index in [1.165, 1.54) is 6.42 Å². The van der Waals surface area contributed by atoms with Crippen LogP contribution in [-0.4, -0.2) is 19.8 Å². The molecule has 0 aromatic heterocycles. The highest BCUT2D eigenvalue weighted by Crippen LogP contribution is 2.37. The normalized spacial score (nSPS) is 19.6. The van der Waals surface area contributed by atoms with Gasteiger partial charge in [0.25, 0.3) is 0 Å². The van der Waals surface area contributed by atoms with Crippen LogP contribution >= 0.6 is 11.6 Å². The summed E-state index contributed by atoms with van der Waals surface area (Å²) in [4.78, 5) is 3.69. The minimum absolute atomic E-state index is 0.277. The summed E-state index contributed by atoms with van der Waals surface area (Å²) in [6.45, 7) is 14.6. The third-order valence-electron chi connectivity index (χ3n) is 3.10. The topological polar surface area (TPSA) is 12.0 Å². The SMILES string of the molecule is CCCN[Si](C)(C(C)Cl)C(C)(C)C. The molecule has 0 saturated carbocycles. The average molecular weight is 222 g/mol. The van der Waals surface area contributed by atoms with E-state index in [2.05, 4.69) is 46.1 Å². The van der Waals surface area contributed by atoms with Crippen molar-refractivity contribution in [2.75, 3.05) is 6.54 Å². The van der Waals surface area contributed by atoms with Crippen molar-refractivity contribution in [3.63, 3.8) is 0 Å². The molecule has 0 radical (unpaired) electrons. The fraction of sp³-hybridized carbons (Fsp3) is 1.00. The standard InChI is InChI=1S/C10H24ClNSi/c1-7-8-12-13(6,9(2)11)10(3,4)5/h9,12H,7-8H2,1-6H3. The van der Waals surface area contributed by atoms with Gasteiger partial charge < -0.3 is 4.98 Å². The first kappa shape index (κ1) is 13.5. The average Bonchev–Trinajstić information content (AvgIpc) is 1.97. The summed E-state index contributed by atoms with van der Waals surface area (Å²) in [5, 5.41) is 0.600. The highest BCUT2D eigenvalue weighted by molar-refractivity contribution is 6.86. The molecule has 0 aliphatic heterocycles. The zero-order chi connectivity index (χ0) is 10.7. The number of alkyl halides is 1. The molecule has 0 saturated heterocycles. The molecule has 0 amide bonds. The van der Waals surface area contributed by atoms with E-state index in [0.717, 1.165) is 6.54 Å². The molecule has 3 heteroatoms. The van der Waals surface area contributed by atoms with Gasteiger partial charge in [0.1, 0.15) is 8.24 Å². The van der Waals surface area contributed by atoms with Crippen LogP contribution in [0.1, 0.15) is 41.0 Å². The summed E-state index contributed by atoms with van der Waals surface area (Å²) in [5.74, 6) is 0. The predicted octanol–water partition coefficient (Wildman–Crippen LogP) is 3.53. The molecule has 0 aliphatic carbocycles. The summed E-state index contributed by atoms with van der Waals surface area (Å²) >= 11 is 6.30. The third-order valence-corrected chi connectivity index (χ3v) is 10.1. The van der Waals surface area contributed by atoms with Crippen LogP contribution in [-0.2, 0) is 0 Å².